The van der Waals surface area contributed by atoms with Crippen molar-refractivity contribution in [2.24, 2.45) is 0 Å². The number of hydrazine groups is 1. The summed E-state index contributed by atoms with van der Waals surface area (Å²) in [6.07, 6.45) is 4.03. The van der Waals surface area contributed by atoms with Crippen molar-refractivity contribution >= 4 is 29.1 Å². The summed E-state index contributed by atoms with van der Waals surface area (Å²) in [7, 11) is 0. The van der Waals surface area contributed by atoms with Gasteiger partial charge in [0, 0.05) is 42.0 Å². The number of amides is 3. The predicted molar refractivity (Wildman–Crippen MR) is 116 cm³/mol. The Balaban J connectivity index is 1.40. The highest BCUT2D eigenvalue weighted by molar-refractivity contribution is 7.13. The molecular formula is C22H21N5O3S. The van der Waals surface area contributed by atoms with Crippen LogP contribution in [0.3, 0.4) is 0 Å². The van der Waals surface area contributed by atoms with Gasteiger partial charge in [-0.15, -0.1) is 11.3 Å². The second-order valence-electron chi connectivity index (χ2n) is 7.13. The molecule has 0 bridgehead atoms. The molecule has 9 heteroatoms. The molecule has 31 heavy (non-hydrogen) atoms. The van der Waals surface area contributed by atoms with Gasteiger partial charge in [-0.3, -0.25) is 19.4 Å². The Labute approximate surface area is 183 Å². The topological polar surface area (TPSA) is 95.5 Å². The lowest BCUT2D eigenvalue weighted by Crippen LogP contribution is -2.48. The number of aryl methyl sites for hydroxylation is 1. The van der Waals surface area contributed by atoms with E-state index in [4.69, 9.17) is 0 Å². The van der Waals surface area contributed by atoms with E-state index in [2.05, 4.69) is 15.3 Å². The molecule has 0 saturated carbocycles. The van der Waals surface area contributed by atoms with Crippen LogP contribution in [0, 0.1) is 6.92 Å². The van der Waals surface area contributed by atoms with Crippen molar-refractivity contribution in [3.05, 3.63) is 71.0 Å². The standard InChI is InChI=1S/C22H21N5O3S/c1-15-5-2-6-16(11-15)20(29)24-13-19(28)26-9-4-10-27(26)22(30)18-14-31-21(25-18)17-7-3-8-23-12-17/h2-3,5-8,11-12,14H,4,9-10,13H2,1H3,(H,24,29). The summed E-state index contributed by atoms with van der Waals surface area (Å²) in [6, 6.07) is 10.8. The van der Waals surface area contributed by atoms with E-state index >= 15 is 0 Å². The lowest BCUT2D eigenvalue weighted by Gasteiger charge is -2.27. The Bertz CT molecular complexity index is 1120. The Hall–Kier alpha value is -3.59. The van der Waals surface area contributed by atoms with Crippen LogP contribution >= 0.6 is 11.3 Å². The number of pyridine rings is 1. The first-order valence-corrected chi connectivity index (χ1v) is 10.7. The predicted octanol–water partition coefficient (Wildman–Crippen LogP) is 2.53. The molecule has 3 amide bonds. The number of carbonyl (C=O) groups excluding carboxylic acids is 3. The summed E-state index contributed by atoms with van der Waals surface area (Å²) in [5.74, 6) is -0.994. The molecule has 4 rings (SSSR count). The molecule has 0 spiro atoms. The van der Waals surface area contributed by atoms with E-state index in [1.807, 2.05) is 25.1 Å². The number of thiazole rings is 1. The number of hydrogen-bond acceptors (Lipinski definition) is 6. The Morgan fingerprint density at radius 2 is 1.97 bits per heavy atom. The van der Waals surface area contributed by atoms with Gasteiger partial charge < -0.3 is 5.32 Å². The van der Waals surface area contributed by atoms with Crippen LogP contribution < -0.4 is 5.32 Å². The quantitative estimate of drug-likeness (QED) is 0.665. The normalized spacial score (nSPS) is 13.3. The van der Waals surface area contributed by atoms with Crippen LogP contribution in [0.15, 0.2) is 54.2 Å². The Morgan fingerprint density at radius 1 is 1.13 bits per heavy atom. The molecule has 1 N–H and O–H groups in total. The molecule has 1 aromatic carbocycles. The molecule has 1 saturated heterocycles. The van der Waals surface area contributed by atoms with Crippen LogP contribution in [0.5, 0.6) is 0 Å². The van der Waals surface area contributed by atoms with Crippen molar-refractivity contribution in [3.63, 3.8) is 0 Å². The van der Waals surface area contributed by atoms with Crippen LogP contribution in [0.2, 0.25) is 0 Å². The molecule has 2 aromatic heterocycles. The maximum absolute atomic E-state index is 13.0. The van der Waals surface area contributed by atoms with Gasteiger partial charge in [-0.25, -0.2) is 15.0 Å². The summed E-state index contributed by atoms with van der Waals surface area (Å²) >= 11 is 1.35. The van der Waals surface area contributed by atoms with Gasteiger partial charge >= 0.3 is 0 Å². The molecule has 158 valence electrons. The Kier molecular flexibility index (Phi) is 6.03. The fourth-order valence-corrected chi connectivity index (χ4v) is 4.13. The molecule has 0 atom stereocenters. The van der Waals surface area contributed by atoms with Crippen molar-refractivity contribution in [3.8, 4) is 10.6 Å². The van der Waals surface area contributed by atoms with E-state index in [-0.39, 0.29) is 30.0 Å². The first kappa shape index (κ1) is 20.7. The van der Waals surface area contributed by atoms with E-state index in [0.29, 0.717) is 30.1 Å². The SMILES string of the molecule is Cc1cccc(C(=O)NCC(=O)N2CCCN2C(=O)c2csc(-c3cccnc3)n2)c1. The molecule has 1 aliphatic rings. The highest BCUT2D eigenvalue weighted by atomic mass is 32.1. The second kappa shape index (κ2) is 9.05. The number of nitrogens with one attached hydrogen (secondary N) is 1. The van der Waals surface area contributed by atoms with Gasteiger partial charge in [-0.1, -0.05) is 17.7 Å². The molecule has 3 aromatic rings. The van der Waals surface area contributed by atoms with E-state index in [1.54, 1.807) is 36.0 Å². The third-order valence-corrected chi connectivity index (χ3v) is 5.76. The van der Waals surface area contributed by atoms with Gasteiger partial charge in [-0.05, 0) is 37.6 Å². The smallest absolute Gasteiger partial charge is 0.291 e. The summed E-state index contributed by atoms with van der Waals surface area (Å²) < 4.78 is 0. The molecule has 0 aliphatic carbocycles. The number of carbonyl (C=O) groups is 3. The summed E-state index contributed by atoms with van der Waals surface area (Å²) in [6.45, 7) is 2.56. The van der Waals surface area contributed by atoms with Crippen molar-refractivity contribution in [2.75, 3.05) is 19.6 Å². The van der Waals surface area contributed by atoms with Crippen molar-refractivity contribution in [1.29, 1.82) is 0 Å². The number of nitrogens with zero attached hydrogens (tertiary/aromatic N) is 4. The van der Waals surface area contributed by atoms with Crippen LogP contribution in [-0.2, 0) is 4.79 Å². The maximum atomic E-state index is 13.0. The van der Waals surface area contributed by atoms with Crippen LogP contribution in [0.1, 0.15) is 32.8 Å². The number of rotatable bonds is 5. The molecule has 1 aliphatic heterocycles. The van der Waals surface area contributed by atoms with Gasteiger partial charge in [0.25, 0.3) is 17.7 Å². The average Bonchev–Trinajstić information content (AvgIpc) is 3.47. The number of hydrogen-bond donors (Lipinski definition) is 1. The van der Waals surface area contributed by atoms with Gasteiger partial charge in [0.15, 0.2) is 0 Å². The van der Waals surface area contributed by atoms with Crippen molar-refractivity contribution in [1.82, 2.24) is 25.3 Å². The first-order chi connectivity index (χ1) is 15.0. The molecular weight excluding hydrogens is 414 g/mol. The average molecular weight is 436 g/mol. The van der Waals surface area contributed by atoms with E-state index in [1.165, 1.54) is 21.4 Å². The van der Waals surface area contributed by atoms with Crippen molar-refractivity contribution in [2.45, 2.75) is 13.3 Å². The minimum Gasteiger partial charge on any atom is -0.343 e. The molecule has 0 unspecified atom stereocenters. The third-order valence-electron chi connectivity index (χ3n) is 4.87. The first-order valence-electron chi connectivity index (χ1n) is 9.86. The highest BCUT2D eigenvalue weighted by Crippen LogP contribution is 2.24. The molecule has 8 nitrogen and oxygen atoms in total. The van der Waals surface area contributed by atoms with Crippen LogP contribution in [-0.4, -0.2) is 57.3 Å². The second-order valence-corrected chi connectivity index (χ2v) is 7.99. The molecule has 1 fully saturated rings. The number of aromatic nitrogens is 2. The summed E-state index contributed by atoms with van der Waals surface area (Å²) in [5, 5.41) is 7.82. The van der Waals surface area contributed by atoms with Gasteiger partial charge in [0.1, 0.15) is 10.7 Å². The van der Waals surface area contributed by atoms with E-state index in [0.717, 1.165) is 11.1 Å². The van der Waals surface area contributed by atoms with Crippen LogP contribution in [0.4, 0.5) is 0 Å². The molecule has 3 heterocycles. The lowest BCUT2D eigenvalue weighted by molar-refractivity contribution is -0.139. The zero-order valence-corrected chi connectivity index (χ0v) is 17.8. The largest absolute Gasteiger partial charge is 0.343 e. The minimum atomic E-state index is -0.338. The van der Waals surface area contributed by atoms with Crippen LogP contribution in [0.25, 0.3) is 10.6 Å². The van der Waals surface area contributed by atoms with Gasteiger partial charge in [-0.2, -0.15) is 0 Å². The van der Waals surface area contributed by atoms with E-state index in [9.17, 15) is 14.4 Å². The fourth-order valence-electron chi connectivity index (χ4n) is 3.34. The fraction of sp³-hybridized carbons (Fsp3) is 0.227. The summed E-state index contributed by atoms with van der Waals surface area (Å²) in [5.41, 5.74) is 2.57. The highest BCUT2D eigenvalue weighted by Gasteiger charge is 2.32. The Morgan fingerprint density at radius 3 is 2.74 bits per heavy atom. The molecule has 0 radical (unpaired) electrons. The third kappa shape index (κ3) is 4.61. The lowest BCUT2D eigenvalue weighted by atomic mass is 10.1. The summed E-state index contributed by atoms with van der Waals surface area (Å²) in [4.78, 5) is 46.5. The maximum Gasteiger partial charge on any atom is 0.291 e. The zero-order valence-electron chi connectivity index (χ0n) is 16.9. The zero-order chi connectivity index (χ0) is 21.8. The van der Waals surface area contributed by atoms with Gasteiger partial charge in [0.2, 0.25) is 0 Å². The number of benzene rings is 1. The monoisotopic (exact) mass is 435 g/mol. The van der Waals surface area contributed by atoms with Gasteiger partial charge in [0.05, 0.1) is 6.54 Å². The van der Waals surface area contributed by atoms with Crippen molar-refractivity contribution < 1.29 is 14.4 Å². The minimum absolute atomic E-state index is 0.186. The van der Waals surface area contributed by atoms with E-state index < -0.39 is 0 Å².